The molecule has 0 aliphatic carbocycles. The summed E-state index contributed by atoms with van der Waals surface area (Å²) in [6.07, 6.45) is 45.6. The summed E-state index contributed by atoms with van der Waals surface area (Å²) in [5.41, 5.74) is 0. The molecule has 0 radical (unpaired) electrons. The number of unbranched alkanes of at least 4 members (excludes halogenated alkanes) is 14. The molecule has 1 N–H and O–H groups in total. The van der Waals surface area contributed by atoms with Crippen molar-refractivity contribution in [1.82, 2.24) is 0 Å². The Hall–Kier alpha value is -2.40. The average Bonchev–Trinajstić information content (AvgIpc) is 3.04. The molecule has 0 aromatic rings. The van der Waals surface area contributed by atoms with Crippen LogP contribution in [0.25, 0.3) is 0 Å². The van der Waals surface area contributed by atoms with Crippen LogP contribution in [0, 0.1) is 0 Å². The van der Waals surface area contributed by atoms with Crippen LogP contribution < -0.4 is 0 Å². The minimum absolute atomic E-state index is 0.0748. The second-order valence-electron chi connectivity index (χ2n) is 11.9. The summed E-state index contributed by atoms with van der Waals surface area (Å²) in [6, 6.07) is 0. The highest BCUT2D eigenvalue weighted by molar-refractivity contribution is 5.70. The lowest BCUT2D eigenvalue weighted by molar-refractivity contribution is -0.161. The van der Waals surface area contributed by atoms with E-state index in [1.165, 1.54) is 44.9 Å². The Balaban J connectivity index is 3.64. The molecule has 0 spiro atoms. The molecule has 0 heterocycles. The molecule has 0 amide bonds. The van der Waals surface area contributed by atoms with Crippen LogP contribution in [0.15, 0.2) is 60.8 Å². The van der Waals surface area contributed by atoms with E-state index in [9.17, 15) is 14.7 Å². The highest BCUT2D eigenvalue weighted by Crippen LogP contribution is 2.12. The van der Waals surface area contributed by atoms with Crippen LogP contribution in [-0.2, 0) is 19.1 Å². The van der Waals surface area contributed by atoms with Crippen LogP contribution in [0.1, 0.15) is 162 Å². The minimum Gasteiger partial charge on any atom is -0.462 e. The molecule has 0 fully saturated rings. The second-order valence-corrected chi connectivity index (χ2v) is 11.9. The van der Waals surface area contributed by atoms with Crippen molar-refractivity contribution < 1.29 is 24.2 Å². The fourth-order valence-electron chi connectivity index (χ4n) is 4.81. The number of esters is 2. The Morgan fingerprint density at radius 3 is 1.44 bits per heavy atom. The maximum absolute atomic E-state index is 12.1. The summed E-state index contributed by atoms with van der Waals surface area (Å²) in [7, 11) is 0. The Labute approximate surface area is 277 Å². The number of allylic oxidation sites excluding steroid dienone is 10. The van der Waals surface area contributed by atoms with E-state index in [2.05, 4.69) is 74.6 Å². The van der Waals surface area contributed by atoms with Gasteiger partial charge in [0.1, 0.15) is 6.61 Å². The number of hydrogen-bond acceptors (Lipinski definition) is 5. The summed E-state index contributed by atoms with van der Waals surface area (Å²) in [5, 5.41) is 9.51. The molecule has 0 aliphatic rings. The number of rotatable bonds is 32. The predicted molar refractivity (Wildman–Crippen MR) is 191 cm³/mol. The molecular formula is C40H68O5. The highest BCUT2D eigenvalue weighted by Gasteiger charge is 2.16. The molecule has 5 nitrogen and oxygen atoms in total. The van der Waals surface area contributed by atoms with Crippen LogP contribution in [-0.4, -0.2) is 36.4 Å². The average molecular weight is 629 g/mol. The van der Waals surface area contributed by atoms with Crippen molar-refractivity contribution in [3.8, 4) is 0 Å². The normalized spacial score (nSPS) is 12.9. The highest BCUT2D eigenvalue weighted by atomic mass is 16.6. The molecule has 1 atom stereocenters. The molecule has 0 aromatic carbocycles. The number of carbonyl (C=O) groups excluding carboxylic acids is 2. The lowest BCUT2D eigenvalue weighted by Gasteiger charge is -2.15. The summed E-state index contributed by atoms with van der Waals surface area (Å²) >= 11 is 0. The summed E-state index contributed by atoms with van der Waals surface area (Å²) < 4.78 is 10.5. The van der Waals surface area contributed by atoms with Crippen molar-refractivity contribution in [1.29, 1.82) is 0 Å². The molecule has 1 unspecified atom stereocenters. The maximum Gasteiger partial charge on any atom is 0.306 e. The van der Waals surface area contributed by atoms with E-state index < -0.39 is 6.10 Å². The van der Waals surface area contributed by atoms with E-state index in [0.717, 1.165) is 89.9 Å². The summed E-state index contributed by atoms with van der Waals surface area (Å²) in [6.45, 7) is 3.98. The molecule has 0 saturated carbocycles. The van der Waals surface area contributed by atoms with E-state index in [1.807, 2.05) is 0 Å². The number of aliphatic hydroxyl groups is 1. The van der Waals surface area contributed by atoms with Crippen molar-refractivity contribution in [2.24, 2.45) is 0 Å². The molecule has 0 aromatic heterocycles. The second kappa shape index (κ2) is 36.1. The van der Waals surface area contributed by atoms with Gasteiger partial charge in [-0.3, -0.25) is 9.59 Å². The van der Waals surface area contributed by atoms with Gasteiger partial charge < -0.3 is 14.6 Å². The third-order valence-corrected chi connectivity index (χ3v) is 7.58. The summed E-state index contributed by atoms with van der Waals surface area (Å²) in [4.78, 5) is 24.1. The first kappa shape index (κ1) is 42.6. The SMILES string of the molecule is CC/C=C\C/C=C\C/C=C\C/C=C\C/C=C\CCCCCCCC(=O)OC(CO)COC(=O)CCCCCCCCCCCC. The molecule has 5 heteroatoms. The fraction of sp³-hybridized carbons (Fsp3) is 0.700. The van der Waals surface area contributed by atoms with E-state index in [1.54, 1.807) is 0 Å². The number of ether oxygens (including phenoxy) is 2. The quantitative estimate of drug-likeness (QED) is 0.0456. The van der Waals surface area contributed by atoms with E-state index in [0.29, 0.717) is 12.8 Å². The molecule has 0 aliphatic heterocycles. The topological polar surface area (TPSA) is 72.8 Å². The zero-order valence-electron chi connectivity index (χ0n) is 29.1. The van der Waals surface area contributed by atoms with Gasteiger partial charge in [0, 0.05) is 12.8 Å². The first-order chi connectivity index (χ1) is 22.1. The van der Waals surface area contributed by atoms with Crippen molar-refractivity contribution in [2.45, 2.75) is 168 Å². The van der Waals surface area contributed by atoms with Gasteiger partial charge in [-0.15, -0.1) is 0 Å². The Bertz CT molecular complexity index is 808. The van der Waals surface area contributed by atoms with Crippen molar-refractivity contribution in [2.75, 3.05) is 13.2 Å². The standard InChI is InChI=1S/C40H68O5/c1-3-5-7-9-11-13-15-16-17-18-19-20-21-22-23-24-25-27-29-31-33-35-40(43)45-38(36-41)37-44-39(42)34-32-30-28-26-14-12-10-8-6-4-2/h5,7,11,13,16-17,19-20,22-23,38,41H,3-4,6,8-10,12,14-15,18,21,24-37H2,1-2H3/b7-5-,13-11-,17-16-,20-19-,23-22-. The number of carbonyl (C=O) groups is 2. The van der Waals surface area contributed by atoms with Gasteiger partial charge in [0.05, 0.1) is 6.61 Å². The Morgan fingerprint density at radius 2 is 0.956 bits per heavy atom. The van der Waals surface area contributed by atoms with Gasteiger partial charge in [0.15, 0.2) is 6.10 Å². The van der Waals surface area contributed by atoms with E-state index >= 15 is 0 Å². The lowest BCUT2D eigenvalue weighted by Crippen LogP contribution is -2.28. The Kier molecular flexibility index (Phi) is 34.1. The first-order valence-electron chi connectivity index (χ1n) is 18.3. The van der Waals surface area contributed by atoms with Gasteiger partial charge in [0.25, 0.3) is 0 Å². The van der Waals surface area contributed by atoms with E-state index in [4.69, 9.17) is 9.47 Å². The van der Waals surface area contributed by atoms with Crippen LogP contribution in [0.5, 0.6) is 0 Å². The largest absolute Gasteiger partial charge is 0.462 e. The molecule has 0 saturated heterocycles. The zero-order chi connectivity index (χ0) is 32.9. The third-order valence-electron chi connectivity index (χ3n) is 7.58. The summed E-state index contributed by atoms with van der Waals surface area (Å²) in [5.74, 6) is -0.618. The van der Waals surface area contributed by atoms with Crippen LogP contribution in [0.3, 0.4) is 0 Å². The van der Waals surface area contributed by atoms with Crippen molar-refractivity contribution in [3.05, 3.63) is 60.8 Å². The van der Waals surface area contributed by atoms with Crippen LogP contribution in [0.4, 0.5) is 0 Å². The van der Waals surface area contributed by atoms with Gasteiger partial charge in [-0.1, -0.05) is 152 Å². The number of aliphatic hydroxyl groups excluding tert-OH is 1. The predicted octanol–water partition coefficient (Wildman–Crippen LogP) is 11.2. The maximum atomic E-state index is 12.1. The smallest absolute Gasteiger partial charge is 0.306 e. The molecule has 258 valence electrons. The van der Waals surface area contributed by atoms with Crippen LogP contribution in [0.2, 0.25) is 0 Å². The first-order valence-corrected chi connectivity index (χ1v) is 18.3. The van der Waals surface area contributed by atoms with E-state index in [-0.39, 0.29) is 25.2 Å². The fourth-order valence-corrected chi connectivity index (χ4v) is 4.81. The lowest BCUT2D eigenvalue weighted by atomic mass is 10.1. The van der Waals surface area contributed by atoms with Crippen molar-refractivity contribution in [3.63, 3.8) is 0 Å². The molecule has 0 bridgehead atoms. The monoisotopic (exact) mass is 629 g/mol. The van der Waals surface area contributed by atoms with Gasteiger partial charge in [-0.2, -0.15) is 0 Å². The minimum atomic E-state index is -0.780. The third kappa shape index (κ3) is 34.3. The van der Waals surface area contributed by atoms with Gasteiger partial charge in [-0.25, -0.2) is 0 Å². The molecule has 45 heavy (non-hydrogen) atoms. The number of hydrogen-bond donors (Lipinski definition) is 1. The Morgan fingerprint density at radius 1 is 0.533 bits per heavy atom. The van der Waals surface area contributed by atoms with Gasteiger partial charge in [0.2, 0.25) is 0 Å². The van der Waals surface area contributed by atoms with Crippen LogP contribution >= 0.6 is 0 Å². The van der Waals surface area contributed by atoms with Crippen molar-refractivity contribution >= 4 is 11.9 Å². The molecular weight excluding hydrogens is 560 g/mol. The zero-order valence-corrected chi connectivity index (χ0v) is 29.1. The molecule has 0 rings (SSSR count). The van der Waals surface area contributed by atoms with Gasteiger partial charge in [-0.05, 0) is 57.8 Å². The van der Waals surface area contributed by atoms with Gasteiger partial charge >= 0.3 is 11.9 Å².